The maximum absolute atomic E-state index is 9.05. The summed E-state index contributed by atoms with van der Waals surface area (Å²) in [6.45, 7) is 3.46. The molecule has 0 aliphatic carbocycles. The van der Waals surface area contributed by atoms with Crippen molar-refractivity contribution < 1.29 is 0 Å². The second kappa shape index (κ2) is 6.15. The van der Waals surface area contributed by atoms with Crippen LogP contribution in [0.2, 0.25) is 0 Å². The molecule has 0 N–H and O–H groups in total. The number of hydrogen-bond acceptors (Lipinski definition) is 3. The van der Waals surface area contributed by atoms with Gasteiger partial charge < -0.3 is 4.90 Å². The third-order valence-corrected chi connectivity index (χ3v) is 2.79. The molecule has 16 heavy (non-hydrogen) atoms. The second-order valence-electron chi connectivity index (χ2n) is 3.26. The first kappa shape index (κ1) is 12.5. The average Bonchev–Trinajstić information content (AvgIpc) is 2.31. The van der Waals surface area contributed by atoms with E-state index in [1.807, 2.05) is 24.0 Å². The van der Waals surface area contributed by atoms with Crippen LogP contribution in [-0.2, 0) is 0 Å². The summed E-state index contributed by atoms with van der Waals surface area (Å²) in [5, 5.41) is 17.6. The van der Waals surface area contributed by atoms with Crippen molar-refractivity contribution in [3.05, 3.63) is 28.2 Å². The van der Waals surface area contributed by atoms with Crippen LogP contribution in [0.5, 0.6) is 0 Å². The Labute approximate surface area is 104 Å². The number of nitriles is 2. The zero-order chi connectivity index (χ0) is 12.0. The number of nitrogens with zero attached hydrogens (tertiary/aromatic N) is 3. The standard InChI is InChI=1S/C12H12BrN3/c1-2-16(7-3-6-14)12-5-4-11(13)8-10(12)9-15/h4-5,8H,2-3,7H2,1H3. The maximum atomic E-state index is 9.05. The third-order valence-electron chi connectivity index (χ3n) is 2.29. The van der Waals surface area contributed by atoms with Crippen molar-refractivity contribution in [3.8, 4) is 12.1 Å². The Bertz CT molecular complexity index is 443. The van der Waals surface area contributed by atoms with E-state index in [-0.39, 0.29) is 0 Å². The van der Waals surface area contributed by atoms with E-state index in [1.54, 1.807) is 6.07 Å². The van der Waals surface area contributed by atoms with Gasteiger partial charge in [0.25, 0.3) is 0 Å². The second-order valence-corrected chi connectivity index (χ2v) is 4.18. The Kier molecular flexibility index (Phi) is 4.82. The van der Waals surface area contributed by atoms with Crippen molar-refractivity contribution in [3.63, 3.8) is 0 Å². The summed E-state index contributed by atoms with van der Waals surface area (Å²) in [5.74, 6) is 0. The summed E-state index contributed by atoms with van der Waals surface area (Å²) in [7, 11) is 0. The Morgan fingerprint density at radius 2 is 2.12 bits per heavy atom. The van der Waals surface area contributed by atoms with Crippen LogP contribution >= 0.6 is 15.9 Å². The van der Waals surface area contributed by atoms with Gasteiger partial charge in [-0.1, -0.05) is 15.9 Å². The van der Waals surface area contributed by atoms with Crippen LogP contribution < -0.4 is 4.90 Å². The SMILES string of the molecule is CCN(CCC#N)c1ccc(Br)cc1C#N. The lowest BCUT2D eigenvalue weighted by atomic mass is 10.1. The Morgan fingerprint density at radius 3 is 2.69 bits per heavy atom. The van der Waals surface area contributed by atoms with Gasteiger partial charge in [0.2, 0.25) is 0 Å². The van der Waals surface area contributed by atoms with E-state index in [0.717, 1.165) is 16.7 Å². The fourth-order valence-corrected chi connectivity index (χ4v) is 1.87. The maximum Gasteiger partial charge on any atom is 0.101 e. The zero-order valence-corrected chi connectivity index (χ0v) is 10.7. The number of rotatable bonds is 4. The minimum absolute atomic E-state index is 0.467. The Balaban J connectivity index is 3.01. The molecule has 0 radical (unpaired) electrons. The fourth-order valence-electron chi connectivity index (χ4n) is 1.51. The lowest BCUT2D eigenvalue weighted by molar-refractivity contribution is 0.825. The summed E-state index contributed by atoms with van der Waals surface area (Å²) >= 11 is 3.34. The van der Waals surface area contributed by atoms with Gasteiger partial charge in [-0.05, 0) is 25.1 Å². The molecule has 82 valence electrons. The average molecular weight is 278 g/mol. The van der Waals surface area contributed by atoms with Crippen LogP contribution in [0, 0.1) is 22.7 Å². The monoisotopic (exact) mass is 277 g/mol. The lowest BCUT2D eigenvalue weighted by Gasteiger charge is -2.22. The van der Waals surface area contributed by atoms with E-state index >= 15 is 0 Å². The highest BCUT2D eigenvalue weighted by Gasteiger charge is 2.09. The molecule has 3 nitrogen and oxygen atoms in total. The smallest absolute Gasteiger partial charge is 0.101 e. The van der Waals surface area contributed by atoms with Gasteiger partial charge in [0, 0.05) is 17.6 Å². The largest absolute Gasteiger partial charge is 0.370 e. The normalized spacial score (nSPS) is 9.25. The molecular weight excluding hydrogens is 266 g/mol. The fraction of sp³-hybridized carbons (Fsp3) is 0.333. The van der Waals surface area contributed by atoms with Crippen LogP contribution in [0.1, 0.15) is 18.9 Å². The summed E-state index contributed by atoms with van der Waals surface area (Å²) in [5.41, 5.74) is 1.53. The predicted octanol–water partition coefficient (Wildman–Crippen LogP) is 3.06. The lowest BCUT2D eigenvalue weighted by Crippen LogP contribution is -2.24. The number of anilines is 1. The van der Waals surface area contributed by atoms with E-state index in [2.05, 4.69) is 28.1 Å². The first-order chi connectivity index (χ1) is 7.72. The van der Waals surface area contributed by atoms with Crippen LogP contribution in [0.3, 0.4) is 0 Å². The van der Waals surface area contributed by atoms with E-state index in [1.165, 1.54) is 0 Å². The molecule has 1 aromatic carbocycles. The minimum atomic E-state index is 0.467. The van der Waals surface area contributed by atoms with Crippen molar-refractivity contribution in [1.82, 2.24) is 0 Å². The molecule has 0 atom stereocenters. The summed E-state index contributed by atoms with van der Waals surface area (Å²) in [4.78, 5) is 2.04. The molecule has 0 fully saturated rings. The van der Waals surface area contributed by atoms with Gasteiger partial charge in [-0.3, -0.25) is 0 Å². The van der Waals surface area contributed by atoms with Gasteiger partial charge in [0.15, 0.2) is 0 Å². The number of hydrogen-bond donors (Lipinski definition) is 0. The van der Waals surface area contributed by atoms with E-state index in [4.69, 9.17) is 10.5 Å². The molecule has 0 aromatic heterocycles. The molecule has 1 aromatic rings. The summed E-state index contributed by atoms with van der Waals surface area (Å²) < 4.78 is 0.893. The quantitative estimate of drug-likeness (QED) is 0.850. The van der Waals surface area contributed by atoms with E-state index in [0.29, 0.717) is 18.5 Å². The molecule has 0 amide bonds. The predicted molar refractivity (Wildman–Crippen MR) is 67.0 cm³/mol. The first-order valence-electron chi connectivity index (χ1n) is 5.04. The Morgan fingerprint density at radius 1 is 1.38 bits per heavy atom. The van der Waals surface area contributed by atoms with Gasteiger partial charge in [0.05, 0.1) is 23.7 Å². The molecule has 0 bridgehead atoms. The van der Waals surface area contributed by atoms with E-state index < -0.39 is 0 Å². The molecule has 0 unspecified atom stereocenters. The van der Waals surface area contributed by atoms with Gasteiger partial charge in [-0.25, -0.2) is 0 Å². The molecule has 0 aliphatic heterocycles. The van der Waals surface area contributed by atoms with Crippen molar-refractivity contribution in [2.45, 2.75) is 13.3 Å². The number of halogens is 1. The van der Waals surface area contributed by atoms with Gasteiger partial charge >= 0.3 is 0 Å². The van der Waals surface area contributed by atoms with Crippen LogP contribution in [0.25, 0.3) is 0 Å². The molecule has 0 aliphatic rings. The van der Waals surface area contributed by atoms with Crippen LogP contribution in [0.15, 0.2) is 22.7 Å². The Hall–Kier alpha value is -1.52. The minimum Gasteiger partial charge on any atom is -0.370 e. The van der Waals surface area contributed by atoms with Crippen molar-refractivity contribution in [1.29, 1.82) is 10.5 Å². The molecule has 0 saturated heterocycles. The summed E-state index contributed by atoms with van der Waals surface area (Å²) in [6, 6.07) is 9.90. The highest BCUT2D eigenvalue weighted by molar-refractivity contribution is 9.10. The molecule has 0 heterocycles. The highest BCUT2D eigenvalue weighted by Crippen LogP contribution is 2.24. The van der Waals surface area contributed by atoms with Crippen molar-refractivity contribution >= 4 is 21.6 Å². The first-order valence-corrected chi connectivity index (χ1v) is 5.83. The molecular formula is C12H12BrN3. The topological polar surface area (TPSA) is 50.8 Å². The highest BCUT2D eigenvalue weighted by atomic mass is 79.9. The van der Waals surface area contributed by atoms with Crippen molar-refractivity contribution in [2.24, 2.45) is 0 Å². The summed E-state index contributed by atoms with van der Waals surface area (Å²) in [6.07, 6.45) is 0.467. The number of benzene rings is 1. The van der Waals surface area contributed by atoms with Gasteiger partial charge in [-0.15, -0.1) is 0 Å². The molecule has 0 spiro atoms. The van der Waals surface area contributed by atoms with Crippen molar-refractivity contribution in [2.75, 3.05) is 18.0 Å². The van der Waals surface area contributed by atoms with Gasteiger partial charge in [-0.2, -0.15) is 10.5 Å². The van der Waals surface area contributed by atoms with Crippen LogP contribution in [0.4, 0.5) is 5.69 Å². The molecule has 4 heteroatoms. The zero-order valence-electron chi connectivity index (χ0n) is 9.07. The molecule has 0 saturated carbocycles. The van der Waals surface area contributed by atoms with Crippen LogP contribution in [-0.4, -0.2) is 13.1 Å². The molecule has 1 rings (SSSR count). The van der Waals surface area contributed by atoms with Gasteiger partial charge in [0.1, 0.15) is 6.07 Å². The third kappa shape index (κ3) is 2.98. The van der Waals surface area contributed by atoms with E-state index in [9.17, 15) is 0 Å².